The summed E-state index contributed by atoms with van der Waals surface area (Å²) in [5.41, 5.74) is 0.191. The van der Waals surface area contributed by atoms with E-state index in [0.717, 1.165) is 5.57 Å². The topological polar surface area (TPSA) is 46.5 Å². The SMILES string of the molecule is CC(C)=CC(C)(C(=O)OCCO)C(C)(C)C. The molecule has 0 aliphatic heterocycles. The van der Waals surface area contributed by atoms with E-state index in [4.69, 9.17) is 9.84 Å². The molecule has 0 heterocycles. The zero-order valence-corrected chi connectivity index (χ0v) is 11.3. The molecule has 1 unspecified atom stereocenters. The Labute approximate surface area is 98.5 Å². The van der Waals surface area contributed by atoms with Gasteiger partial charge >= 0.3 is 5.97 Å². The molecule has 0 aromatic heterocycles. The molecule has 0 aliphatic rings. The Hall–Kier alpha value is -0.830. The highest BCUT2D eigenvalue weighted by atomic mass is 16.5. The second-order valence-corrected chi connectivity index (χ2v) is 5.53. The largest absolute Gasteiger partial charge is 0.463 e. The summed E-state index contributed by atoms with van der Waals surface area (Å²) in [5, 5.41) is 8.67. The van der Waals surface area contributed by atoms with Gasteiger partial charge in [0.2, 0.25) is 0 Å². The van der Waals surface area contributed by atoms with E-state index in [9.17, 15) is 4.79 Å². The van der Waals surface area contributed by atoms with Crippen molar-refractivity contribution in [2.45, 2.75) is 41.5 Å². The van der Waals surface area contributed by atoms with Crippen molar-refractivity contribution in [2.24, 2.45) is 10.8 Å². The minimum atomic E-state index is -0.666. The summed E-state index contributed by atoms with van der Waals surface area (Å²) >= 11 is 0. The van der Waals surface area contributed by atoms with Crippen LogP contribution in [-0.4, -0.2) is 24.3 Å². The lowest BCUT2D eigenvalue weighted by molar-refractivity contribution is -0.158. The fraction of sp³-hybridized carbons (Fsp3) is 0.769. The fourth-order valence-corrected chi connectivity index (χ4v) is 1.45. The van der Waals surface area contributed by atoms with Crippen LogP contribution in [0.4, 0.5) is 0 Å². The maximum Gasteiger partial charge on any atom is 0.316 e. The van der Waals surface area contributed by atoms with Crippen LogP contribution >= 0.6 is 0 Å². The van der Waals surface area contributed by atoms with E-state index in [1.165, 1.54) is 0 Å². The van der Waals surface area contributed by atoms with E-state index >= 15 is 0 Å². The lowest BCUT2D eigenvalue weighted by Crippen LogP contribution is -2.40. The van der Waals surface area contributed by atoms with Crippen LogP contribution < -0.4 is 0 Å². The van der Waals surface area contributed by atoms with Crippen molar-refractivity contribution < 1.29 is 14.6 Å². The number of esters is 1. The number of aliphatic hydroxyl groups is 1. The summed E-state index contributed by atoms with van der Waals surface area (Å²) in [4.78, 5) is 12.0. The first-order chi connectivity index (χ1) is 7.15. The van der Waals surface area contributed by atoms with Crippen molar-refractivity contribution in [1.82, 2.24) is 0 Å². The standard InChI is InChI=1S/C13H24O3/c1-10(2)9-13(6,12(3,4)5)11(15)16-8-7-14/h9,14H,7-8H2,1-6H3. The van der Waals surface area contributed by atoms with E-state index in [0.29, 0.717) is 0 Å². The van der Waals surface area contributed by atoms with E-state index in [2.05, 4.69) is 0 Å². The Kier molecular flexibility index (Phi) is 5.20. The second kappa shape index (κ2) is 5.48. The van der Waals surface area contributed by atoms with Crippen molar-refractivity contribution in [3.8, 4) is 0 Å². The summed E-state index contributed by atoms with van der Waals surface area (Å²) in [7, 11) is 0. The molecule has 94 valence electrons. The maximum atomic E-state index is 12.0. The summed E-state index contributed by atoms with van der Waals surface area (Å²) in [6.45, 7) is 11.7. The van der Waals surface area contributed by atoms with Crippen LogP contribution in [0.2, 0.25) is 0 Å². The van der Waals surface area contributed by atoms with Crippen LogP contribution in [0.5, 0.6) is 0 Å². The first kappa shape index (κ1) is 15.2. The number of carbonyl (C=O) groups excluding carboxylic acids is 1. The van der Waals surface area contributed by atoms with E-state index in [-0.39, 0.29) is 24.6 Å². The van der Waals surface area contributed by atoms with Crippen LogP contribution in [0, 0.1) is 10.8 Å². The molecular formula is C13H24O3. The molecule has 0 fully saturated rings. The van der Waals surface area contributed by atoms with Gasteiger partial charge in [0.25, 0.3) is 0 Å². The van der Waals surface area contributed by atoms with Crippen LogP contribution in [0.1, 0.15) is 41.5 Å². The molecule has 0 spiro atoms. The Morgan fingerprint density at radius 2 is 1.75 bits per heavy atom. The molecule has 16 heavy (non-hydrogen) atoms. The number of ether oxygens (including phenoxy) is 1. The number of hydrogen-bond acceptors (Lipinski definition) is 3. The van der Waals surface area contributed by atoms with Crippen LogP contribution in [0.3, 0.4) is 0 Å². The Balaban J connectivity index is 5.10. The van der Waals surface area contributed by atoms with Gasteiger partial charge in [-0.15, -0.1) is 0 Å². The summed E-state index contributed by atoms with van der Waals surface area (Å²) in [6.07, 6.45) is 1.94. The summed E-state index contributed by atoms with van der Waals surface area (Å²) in [5.74, 6) is -0.282. The normalized spacial score (nSPS) is 15.2. The van der Waals surface area contributed by atoms with E-state index in [1.807, 2.05) is 47.6 Å². The number of allylic oxidation sites excluding steroid dienone is 1. The van der Waals surface area contributed by atoms with Gasteiger partial charge in [0.05, 0.1) is 12.0 Å². The molecule has 0 bridgehead atoms. The molecule has 1 N–H and O–H groups in total. The number of rotatable bonds is 4. The minimum Gasteiger partial charge on any atom is -0.463 e. The smallest absolute Gasteiger partial charge is 0.316 e. The average molecular weight is 228 g/mol. The Morgan fingerprint density at radius 1 is 1.25 bits per heavy atom. The Morgan fingerprint density at radius 3 is 2.06 bits per heavy atom. The van der Waals surface area contributed by atoms with Crippen LogP contribution in [-0.2, 0) is 9.53 Å². The number of carbonyl (C=O) groups is 1. The summed E-state index contributed by atoms with van der Waals surface area (Å²) in [6, 6.07) is 0. The molecule has 0 saturated carbocycles. The highest BCUT2D eigenvalue weighted by molar-refractivity contribution is 5.79. The predicted molar refractivity (Wildman–Crippen MR) is 65.0 cm³/mol. The number of hydrogen-bond donors (Lipinski definition) is 1. The third-order valence-corrected chi connectivity index (χ3v) is 2.88. The minimum absolute atomic E-state index is 0.0567. The third kappa shape index (κ3) is 3.63. The molecule has 0 radical (unpaired) electrons. The van der Waals surface area contributed by atoms with Crippen molar-refractivity contribution in [1.29, 1.82) is 0 Å². The fourth-order valence-electron chi connectivity index (χ4n) is 1.45. The molecule has 1 atom stereocenters. The van der Waals surface area contributed by atoms with Crippen molar-refractivity contribution >= 4 is 5.97 Å². The van der Waals surface area contributed by atoms with Gasteiger partial charge < -0.3 is 9.84 Å². The van der Waals surface area contributed by atoms with Gasteiger partial charge in [0, 0.05) is 0 Å². The molecular weight excluding hydrogens is 204 g/mol. The summed E-state index contributed by atoms with van der Waals surface area (Å²) < 4.78 is 5.05. The van der Waals surface area contributed by atoms with Gasteiger partial charge in [-0.3, -0.25) is 4.79 Å². The molecule has 0 aromatic carbocycles. The average Bonchev–Trinajstić information content (AvgIpc) is 2.10. The predicted octanol–water partition coefficient (Wildman–Crippen LogP) is 2.54. The van der Waals surface area contributed by atoms with Gasteiger partial charge in [-0.05, 0) is 26.2 Å². The van der Waals surface area contributed by atoms with Gasteiger partial charge in [0.15, 0.2) is 0 Å². The highest BCUT2D eigenvalue weighted by Crippen LogP contribution is 2.41. The van der Waals surface area contributed by atoms with Crippen LogP contribution in [0.15, 0.2) is 11.6 Å². The lowest BCUT2D eigenvalue weighted by atomic mass is 9.67. The number of aliphatic hydroxyl groups excluding tert-OH is 1. The van der Waals surface area contributed by atoms with Crippen molar-refractivity contribution in [3.05, 3.63) is 11.6 Å². The monoisotopic (exact) mass is 228 g/mol. The van der Waals surface area contributed by atoms with Crippen molar-refractivity contribution in [2.75, 3.05) is 13.2 Å². The zero-order valence-electron chi connectivity index (χ0n) is 11.3. The lowest BCUT2D eigenvalue weighted by Gasteiger charge is -2.37. The van der Waals surface area contributed by atoms with Gasteiger partial charge in [-0.25, -0.2) is 0 Å². The van der Waals surface area contributed by atoms with Crippen LogP contribution in [0.25, 0.3) is 0 Å². The molecule has 0 amide bonds. The van der Waals surface area contributed by atoms with Gasteiger partial charge in [-0.1, -0.05) is 32.4 Å². The third-order valence-electron chi connectivity index (χ3n) is 2.88. The molecule has 3 heteroatoms. The second-order valence-electron chi connectivity index (χ2n) is 5.53. The van der Waals surface area contributed by atoms with E-state index in [1.54, 1.807) is 0 Å². The van der Waals surface area contributed by atoms with E-state index < -0.39 is 5.41 Å². The molecule has 3 nitrogen and oxygen atoms in total. The molecule has 0 saturated heterocycles. The quantitative estimate of drug-likeness (QED) is 0.594. The molecule has 0 aliphatic carbocycles. The van der Waals surface area contributed by atoms with Gasteiger partial charge in [0.1, 0.15) is 6.61 Å². The first-order valence-electron chi connectivity index (χ1n) is 5.59. The van der Waals surface area contributed by atoms with Crippen molar-refractivity contribution in [3.63, 3.8) is 0 Å². The highest BCUT2D eigenvalue weighted by Gasteiger charge is 2.43. The first-order valence-corrected chi connectivity index (χ1v) is 5.59. The van der Waals surface area contributed by atoms with Gasteiger partial charge in [-0.2, -0.15) is 0 Å². The molecule has 0 aromatic rings. The molecule has 0 rings (SSSR count). The zero-order chi connectivity index (χ0) is 13.0. The maximum absolute atomic E-state index is 12.0. The Bertz CT molecular complexity index is 269.